The Kier molecular flexibility index (Phi) is 6.80. The number of nitrogens with zero attached hydrogens (tertiary/aromatic N) is 1. The molecule has 3 rings (SSSR count). The number of halogens is 1. The van der Waals surface area contributed by atoms with Crippen molar-refractivity contribution in [3.8, 4) is 0 Å². The lowest BCUT2D eigenvalue weighted by Gasteiger charge is -2.37. The number of benzene rings is 2. The van der Waals surface area contributed by atoms with Crippen molar-refractivity contribution in [2.24, 2.45) is 0 Å². The van der Waals surface area contributed by atoms with Gasteiger partial charge in [0.15, 0.2) is 0 Å². The van der Waals surface area contributed by atoms with Crippen LogP contribution in [0.1, 0.15) is 60.5 Å². The first kappa shape index (κ1) is 21.2. The Morgan fingerprint density at radius 1 is 1.21 bits per heavy atom. The molecule has 6 heteroatoms. The summed E-state index contributed by atoms with van der Waals surface area (Å²) in [7, 11) is 0. The highest BCUT2D eigenvalue weighted by Gasteiger charge is 2.29. The zero-order chi connectivity index (χ0) is 21.0. The van der Waals surface area contributed by atoms with Crippen LogP contribution in [0.15, 0.2) is 42.5 Å². The summed E-state index contributed by atoms with van der Waals surface area (Å²) >= 11 is 6.34. The molecule has 154 valence electrons. The highest BCUT2D eigenvalue weighted by atomic mass is 35.5. The summed E-state index contributed by atoms with van der Waals surface area (Å²) in [5.41, 5.74) is 2.80. The second-order valence-corrected chi connectivity index (χ2v) is 7.93. The number of rotatable bonds is 6. The fraction of sp³-hybridized carbons (Fsp3) is 0.391. The lowest BCUT2D eigenvalue weighted by atomic mass is 9.87. The molecule has 1 heterocycles. The summed E-state index contributed by atoms with van der Waals surface area (Å²) < 4.78 is 0. The average Bonchev–Trinajstić information content (AvgIpc) is 2.70. The number of amides is 1. The molecule has 1 aliphatic rings. The van der Waals surface area contributed by atoms with Gasteiger partial charge in [-0.3, -0.25) is 4.79 Å². The highest BCUT2D eigenvalue weighted by molar-refractivity contribution is 6.30. The van der Waals surface area contributed by atoms with E-state index < -0.39 is 11.9 Å². The maximum Gasteiger partial charge on any atom is 0.335 e. The van der Waals surface area contributed by atoms with E-state index in [2.05, 4.69) is 17.1 Å². The maximum absolute atomic E-state index is 13.1. The molecule has 2 aromatic carbocycles. The quantitative estimate of drug-likeness (QED) is 0.719. The molecule has 2 atom stereocenters. The Labute approximate surface area is 176 Å². The second kappa shape index (κ2) is 9.31. The number of carboxylic acid groups (broad SMARTS) is 1. The summed E-state index contributed by atoms with van der Waals surface area (Å²) in [6, 6.07) is 12.6. The lowest BCUT2D eigenvalue weighted by molar-refractivity contribution is -0.121. The van der Waals surface area contributed by atoms with Crippen LogP contribution in [0.4, 0.5) is 5.69 Å². The number of piperidine rings is 1. The van der Waals surface area contributed by atoms with Gasteiger partial charge in [0, 0.05) is 29.8 Å². The fourth-order valence-corrected chi connectivity index (χ4v) is 4.22. The number of carbonyl (C=O) groups is 2. The molecule has 5 nitrogen and oxygen atoms in total. The van der Waals surface area contributed by atoms with E-state index in [-0.39, 0.29) is 11.5 Å². The Balaban J connectivity index is 2.11. The third kappa shape index (κ3) is 4.73. The fourth-order valence-electron chi connectivity index (χ4n) is 4.04. The van der Waals surface area contributed by atoms with E-state index in [0.717, 1.165) is 36.2 Å². The Morgan fingerprint density at radius 2 is 1.93 bits per heavy atom. The molecule has 29 heavy (non-hydrogen) atoms. The second-order valence-electron chi connectivity index (χ2n) is 7.50. The van der Waals surface area contributed by atoms with E-state index in [1.807, 2.05) is 25.1 Å². The van der Waals surface area contributed by atoms with Crippen LogP contribution in [0.25, 0.3) is 0 Å². The standard InChI is InChI=1S/C23H27ClN2O3/c1-3-25-22(27)21(16-7-9-17(10-8-16)23(28)29)19-14-18(24)11-12-20(19)26-13-5-4-6-15(26)2/h7-12,14-15,21H,3-6,13H2,1-2H3,(H,25,27)(H,28,29). The average molecular weight is 415 g/mol. The van der Waals surface area contributed by atoms with Crippen LogP contribution in [0, 0.1) is 0 Å². The van der Waals surface area contributed by atoms with Crippen LogP contribution < -0.4 is 10.2 Å². The zero-order valence-corrected chi connectivity index (χ0v) is 17.6. The molecular weight excluding hydrogens is 388 g/mol. The number of aromatic carboxylic acids is 1. The molecule has 1 saturated heterocycles. The topological polar surface area (TPSA) is 69.6 Å². The molecular formula is C23H27ClN2O3. The van der Waals surface area contributed by atoms with Crippen LogP contribution in [-0.4, -0.2) is 36.1 Å². The predicted molar refractivity (Wildman–Crippen MR) is 116 cm³/mol. The largest absolute Gasteiger partial charge is 0.478 e. The lowest BCUT2D eigenvalue weighted by Crippen LogP contribution is -2.39. The van der Waals surface area contributed by atoms with Gasteiger partial charge in [-0.15, -0.1) is 0 Å². The summed E-state index contributed by atoms with van der Waals surface area (Å²) in [5.74, 6) is -1.68. The first-order chi connectivity index (χ1) is 13.9. The number of hydrogen-bond donors (Lipinski definition) is 2. The van der Waals surface area contributed by atoms with Crippen molar-refractivity contribution in [3.05, 3.63) is 64.2 Å². The van der Waals surface area contributed by atoms with Crippen LogP contribution in [0.2, 0.25) is 5.02 Å². The summed E-state index contributed by atoms with van der Waals surface area (Å²) in [5, 5.41) is 12.7. The smallest absolute Gasteiger partial charge is 0.335 e. The van der Waals surface area contributed by atoms with E-state index in [1.54, 1.807) is 12.1 Å². The van der Waals surface area contributed by atoms with Gasteiger partial charge in [-0.25, -0.2) is 4.79 Å². The van der Waals surface area contributed by atoms with E-state index in [0.29, 0.717) is 17.6 Å². The molecule has 0 spiro atoms. The van der Waals surface area contributed by atoms with Gasteiger partial charge in [-0.05, 0) is 74.6 Å². The number of nitrogens with one attached hydrogen (secondary N) is 1. The Morgan fingerprint density at radius 3 is 2.55 bits per heavy atom. The number of carboxylic acids is 1. The summed E-state index contributed by atoms with van der Waals surface area (Å²) in [6.45, 7) is 5.54. The van der Waals surface area contributed by atoms with Crippen LogP contribution in [0.5, 0.6) is 0 Å². The molecule has 1 fully saturated rings. The van der Waals surface area contributed by atoms with Gasteiger partial charge in [-0.2, -0.15) is 0 Å². The highest BCUT2D eigenvalue weighted by Crippen LogP contribution is 2.37. The number of anilines is 1. The van der Waals surface area contributed by atoms with Crippen molar-refractivity contribution in [2.45, 2.75) is 45.1 Å². The zero-order valence-electron chi connectivity index (χ0n) is 16.8. The SMILES string of the molecule is CCNC(=O)C(c1ccc(C(=O)O)cc1)c1cc(Cl)ccc1N1CCCCC1C. The van der Waals surface area contributed by atoms with Gasteiger partial charge in [0.2, 0.25) is 5.91 Å². The first-order valence-electron chi connectivity index (χ1n) is 10.1. The molecule has 0 aliphatic carbocycles. The maximum atomic E-state index is 13.1. The summed E-state index contributed by atoms with van der Waals surface area (Å²) in [6.07, 6.45) is 3.43. The van der Waals surface area contributed by atoms with E-state index in [1.165, 1.54) is 18.6 Å². The van der Waals surface area contributed by atoms with Gasteiger partial charge in [-0.1, -0.05) is 23.7 Å². The normalized spacial score (nSPS) is 17.6. The molecule has 0 aromatic heterocycles. The number of likely N-dealkylation sites (N-methyl/N-ethyl adjacent to an activating group) is 1. The molecule has 1 aliphatic heterocycles. The number of hydrogen-bond acceptors (Lipinski definition) is 3. The molecule has 0 bridgehead atoms. The van der Waals surface area contributed by atoms with Crippen LogP contribution >= 0.6 is 11.6 Å². The van der Waals surface area contributed by atoms with Gasteiger partial charge in [0.1, 0.15) is 0 Å². The molecule has 2 aromatic rings. The third-order valence-corrected chi connectivity index (χ3v) is 5.75. The third-order valence-electron chi connectivity index (χ3n) is 5.52. The minimum absolute atomic E-state index is 0.122. The van der Waals surface area contributed by atoms with Crippen LogP contribution in [0.3, 0.4) is 0 Å². The van der Waals surface area contributed by atoms with Crippen LogP contribution in [-0.2, 0) is 4.79 Å². The van der Waals surface area contributed by atoms with Crippen molar-refractivity contribution < 1.29 is 14.7 Å². The van der Waals surface area contributed by atoms with Crippen molar-refractivity contribution in [1.29, 1.82) is 0 Å². The van der Waals surface area contributed by atoms with E-state index in [9.17, 15) is 14.7 Å². The Hall–Kier alpha value is -2.53. The first-order valence-corrected chi connectivity index (χ1v) is 10.5. The van der Waals surface area contributed by atoms with Gasteiger partial charge >= 0.3 is 5.97 Å². The molecule has 0 saturated carbocycles. The van der Waals surface area contributed by atoms with Crippen molar-refractivity contribution in [3.63, 3.8) is 0 Å². The van der Waals surface area contributed by atoms with E-state index >= 15 is 0 Å². The molecule has 1 amide bonds. The van der Waals surface area contributed by atoms with Crippen molar-refractivity contribution >= 4 is 29.2 Å². The van der Waals surface area contributed by atoms with Gasteiger partial charge in [0.05, 0.1) is 11.5 Å². The molecule has 0 radical (unpaired) electrons. The minimum atomic E-state index is -0.989. The monoisotopic (exact) mass is 414 g/mol. The molecule has 2 N–H and O–H groups in total. The van der Waals surface area contributed by atoms with Gasteiger partial charge < -0.3 is 15.3 Å². The van der Waals surface area contributed by atoms with Crippen molar-refractivity contribution in [2.75, 3.05) is 18.0 Å². The minimum Gasteiger partial charge on any atom is -0.478 e. The Bertz CT molecular complexity index is 882. The predicted octanol–water partition coefficient (Wildman–Crippen LogP) is 4.69. The molecule has 2 unspecified atom stereocenters. The van der Waals surface area contributed by atoms with E-state index in [4.69, 9.17) is 11.6 Å². The van der Waals surface area contributed by atoms with Gasteiger partial charge in [0.25, 0.3) is 0 Å². The summed E-state index contributed by atoms with van der Waals surface area (Å²) in [4.78, 5) is 26.7. The number of carbonyl (C=O) groups excluding carboxylic acids is 1. The van der Waals surface area contributed by atoms with Crippen molar-refractivity contribution in [1.82, 2.24) is 5.32 Å².